The molecule has 0 aromatic carbocycles. The molecule has 0 atom stereocenters. The fraction of sp³-hybridized carbons (Fsp3) is 0.857. The molecule has 2 saturated carbocycles. The monoisotopic (exact) mass is 250 g/mol. The lowest BCUT2D eigenvalue weighted by Crippen LogP contribution is -2.56. The number of rotatable bonds is 2. The van der Waals surface area contributed by atoms with Crippen LogP contribution in [0.5, 0.6) is 0 Å². The lowest BCUT2D eigenvalue weighted by molar-refractivity contribution is -0.139. The van der Waals surface area contributed by atoms with E-state index < -0.39 is 5.54 Å². The molecule has 2 amide bonds. The Labute approximate surface area is 108 Å². The van der Waals surface area contributed by atoms with Gasteiger partial charge in [-0.05, 0) is 31.6 Å². The summed E-state index contributed by atoms with van der Waals surface area (Å²) in [6, 6.07) is 0. The first-order valence-electron chi connectivity index (χ1n) is 7.30. The fourth-order valence-electron chi connectivity index (χ4n) is 3.50. The largest absolute Gasteiger partial charge is 0.342 e. The van der Waals surface area contributed by atoms with E-state index in [0.717, 1.165) is 32.2 Å². The summed E-state index contributed by atoms with van der Waals surface area (Å²) in [4.78, 5) is 26.5. The molecule has 0 aromatic rings. The third-order valence-corrected chi connectivity index (χ3v) is 4.84. The van der Waals surface area contributed by atoms with Crippen molar-refractivity contribution in [1.29, 1.82) is 0 Å². The van der Waals surface area contributed by atoms with E-state index in [1.807, 2.05) is 4.90 Å². The summed E-state index contributed by atoms with van der Waals surface area (Å²) in [5.74, 6) is 0.930. The molecule has 4 heteroatoms. The fourth-order valence-corrected chi connectivity index (χ4v) is 3.50. The first-order valence-corrected chi connectivity index (χ1v) is 7.30. The molecule has 18 heavy (non-hydrogen) atoms. The number of nitrogens with one attached hydrogen (secondary N) is 1. The van der Waals surface area contributed by atoms with E-state index in [0.29, 0.717) is 18.9 Å². The molecule has 100 valence electrons. The summed E-state index contributed by atoms with van der Waals surface area (Å²) < 4.78 is 0. The van der Waals surface area contributed by atoms with Gasteiger partial charge in [0.2, 0.25) is 11.8 Å². The van der Waals surface area contributed by atoms with Crippen molar-refractivity contribution in [2.75, 3.05) is 13.1 Å². The van der Waals surface area contributed by atoms with E-state index in [9.17, 15) is 9.59 Å². The lowest BCUT2D eigenvalue weighted by Gasteiger charge is -2.36. The van der Waals surface area contributed by atoms with E-state index in [-0.39, 0.29) is 11.8 Å². The molecule has 0 aromatic heterocycles. The number of hydrogen-bond donors (Lipinski definition) is 1. The summed E-state index contributed by atoms with van der Waals surface area (Å²) >= 11 is 0. The van der Waals surface area contributed by atoms with Crippen molar-refractivity contribution in [1.82, 2.24) is 10.2 Å². The van der Waals surface area contributed by atoms with Crippen molar-refractivity contribution in [2.24, 2.45) is 5.92 Å². The van der Waals surface area contributed by atoms with Crippen LogP contribution in [0.1, 0.15) is 51.4 Å². The average molecular weight is 250 g/mol. The second-order valence-corrected chi connectivity index (χ2v) is 6.14. The van der Waals surface area contributed by atoms with Crippen molar-refractivity contribution >= 4 is 11.8 Å². The van der Waals surface area contributed by atoms with Crippen molar-refractivity contribution in [3.05, 3.63) is 0 Å². The number of carbonyl (C=O) groups is 2. The highest BCUT2D eigenvalue weighted by molar-refractivity contribution is 5.93. The van der Waals surface area contributed by atoms with Gasteiger partial charge in [-0.25, -0.2) is 0 Å². The van der Waals surface area contributed by atoms with Crippen LogP contribution in [0.2, 0.25) is 0 Å². The van der Waals surface area contributed by atoms with Crippen molar-refractivity contribution in [3.63, 3.8) is 0 Å². The molecule has 1 aliphatic heterocycles. The van der Waals surface area contributed by atoms with Gasteiger partial charge in [0.15, 0.2) is 0 Å². The molecule has 4 nitrogen and oxygen atoms in total. The summed E-state index contributed by atoms with van der Waals surface area (Å²) in [5.41, 5.74) is -0.544. The van der Waals surface area contributed by atoms with Crippen LogP contribution in [0.25, 0.3) is 0 Å². The highest BCUT2D eigenvalue weighted by Gasteiger charge is 2.46. The van der Waals surface area contributed by atoms with Crippen molar-refractivity contribution < 1.29 is 9.59 Å². The number of nitrogens with zero attached hydrogens (tertiary/aromatic N) is 1. The average Bonchev–Trinajstić information content (AvgIpc) is 2.71. The van der Waals surface area contributed by atoms with Crippen LogP contribution in [0, 0.1) is 5.92 Å². The number of amides is 2. The SMILES string of the molecule is O=C1CCN(CC2CCC2)C(=O)C2(CCCC2)N1. The van der Waals surface area contributed by atoms with Gasteiger partial charge in [0, 0.05) is 19.5 Å². The van der Waals surface area contributed by atoms with Gasteiger partial charge in [-0.1, -0.05) is 19.3 Å². The Morgan fingerprint density at radius 1 is 1.17 bits per heavy atom. The van der Waals surface area contributed by atoms with Gasteiger partial charge < -0.3 is 10.2 Å². The molecule has 1 saturated heterocycles. The Hall–Kier alpha value is -1.06. The zero-order chi connectivity index (χ0) is 12.6. The van der Waals surface area contributed by atoms with Gasteiger partial charge >= 0.3 is 0 Å². The van der Waals surface area contributed by atoms with Crippen LogP contribution in [0.4, 0.5) is 0 Å². The number of carbonyl (C=O) groups excluding carboxylic acids is 2. The van der Waals surface area contributed by atoms with E-state index in [1.165, 1.54) is 19.3 Å². The molecule has 0 radical (unpaired) electrons. The normalized spacial score (nSPS) is 28.1. The van der Waals surface area contributed by atoms with Crippen LogP contribution in [-0.2, 0) is 9.59 Å². The quantitative estimate of drug-likeness (QED) is 0.806. The van der Waals surface area contributed by atoms with Gasteiger partial charge in [0.25, 0.3) is 0 Å². The highest BCUT2D eigenvalue weighted by Crippen LogP contribution is 2.34. The summed E-state index contributed by atoms with van der Waals surface area (Å²) in [7, 11) is 0. The first-order chi connectivity index (χ1) is 8.70. The predicted octanol–water partition coefficient (Wildman–Crippen LogP) is 1.45. The summed E-state index contributed by atoms with van der Waals surface area (Å²) in [6.45, 7) is 1.48. The molecule has 1 heterocycles. The molecule has 3 fully saturated rings. The Morgan fingerprint density at radius 2 is 1.89 bits per heavy atom. The van der Waals surface area contributed by atoms with Crippen molar-refractivity contribution in [2.45, 2.75) is 56.9 Å². The summed E-state index contributed by atoms with van der Waals surface area (Å²) in [5, 5.41) is 3.01. The molecule has 1 spiro atoms. The Balaban J connectivity index is 1.76. The molecular weight excluding hydrogens is 228 g/mol. The standard InChI is InChI=1S/C14H22N2O2/c17-12-6-9-16(10-11-4-3-5-11)13(18)14(15-12)7-1-2-8-14/h11H,1-10H2,(H,15,17). The number of hydrogen-bond acceptors (Lipinski definition) is 2. The molecule has 1 N–H and O–H groups in total. The van der Waals surface area contributed by atoms with Gasteiger partial charge in [0.1, 0.15) is 5.54 Å². The van der Waals surface area contributed by atoms with Crippen molar-refractivity contribution in [3.8, 4) is 0 Å². The van der Waals surface area contributed by atoms with E-state index in [4.69, 9.17) is 0 Å². The smallest absolute Gasteiger partial charge is 0.248 e. The van der Waals surface area contributed by atoms with Gasteiger partial charge in [-0.2, -0.15) is 0 Å². The molecule has 0 unspecified atom stereocenters. The minimum atomic E-state index is -0.544. The van der Waals surface area contributed by atoms with E-state index >= 15 is 0 Å². The minimum absolute atomic E-state index is 0.0568. The van der Waals surface area contributed by atoms with E-state index in [1.54, 1.807) is 0 Å². The van der Waals surface area contributed by atoms with Gasteiger partial charge in [0.05, 0.1) is 0 Å². The zero-order valence-corrected chi connectivity index (χ0v) is 10.9. The lowest BCUT2D eigenvalue weighted by atomic mass is 9.84. The highest BCUT2D eigenvalue weighted by atomic mass is 16.2. The minimum Gasteiger partial charge on any atom is -0.342 e. The summed E-state index contributed by atoms with van der Waals surface area (Å²) in [6.07, 6.45) is 8.05. The molecule has 0 bridgehead atoms. The van der Waals surface area contributed by atoms with Crippen LogP contribution in [0.15, 0.2) is 0 Å². The Kier molecular flexibility index (Phi) is 3.04. The molecule has 2 aliphatic carbocycles. The second kappa shape index (κ2) is 4.56. The van der Waals surface area contributed by atoms with E-state index in [2.05, 4.69) is 5.32 Å². The maximum atomic E-state index is 12.7. The predicted molar refractivity (Wildman–Crippen MR) is 67.9 cm³/mol. The molecular formula is C14H22N2O2. The maximum Gasteiger partial charge on any atom is 0.248 e. The van der Waals surface area contributed by atoms with Crippen LogP contribution < -0.4 is 5.32 Å². The zero-order valence-electron chi connectivity index (χ0n) is 10.9. The third-order valence-electron chi connectivity index (χ3n) is 4.84. The first kappa shape index (κ1) is 12.0. The van der Waals surface area contributed by atoms with Gasteiger partial charge in [-0.15, -0.1) is 0 Å². The van der Waals surface area contributed by atoms with Crippen LogP contribution >= 0.6 is 0 Å². The van der Waals surface area contributed by atoms with Crippen LogP contribution in [-0.4, -0.2) is 35.3 Å². The van der Waals surface area contributed by atoms with Gasteiger partial charge in [-0.3, -0.25) is 9.59 Å². The maximum absolute atomic E-state index is 12.7. The molecule has 3 rings (SSSR count). The third kappa shape index (κ3) is 2.02. The Bertz CT molecular complexity index is 357. The topological polar surface area (TPSA) is 49.4 Å². The molecule has 3 aliphatic rings. The van der Waals surface area contributed by atoms with Crippen LogP contribution in [0.3, 0.4) is 0 Å². The Morgan fingerprint density at radius 3 is 2.50 bits per heavy atom. The second-order valence-electron chi connectivity index (χ2n) is 6.14.